The second-order valence-corrected chi connectivity index (χ2v) is 8.34. The monoisotopic (exact) mass is 398 g/mol. The van der Waals surface area contributed by atoms with Gasteiger partial charge in [-0.25, -0.2) is 4.99 Å². The molecule has 2 fully saturated rings. The molecule has 0 bridgehead atoms. The SMILES string of the molecule is CCC(O)C1=C(N2CCN(C)CC2)Nc2ccccc2N=C1N1CCN(C)CC1. The Morgan fingerprint density at radius 2 is 1.52 bits per heavy atom. The minimum atomic E-state index is -0.551. The zero-order valence-electron chi connectivity index (χ0n) is 17.9. The number of amidine groups is 1. The number of nitrogens with zero attached hydrogens (tertiary/aromatic N) is 5. The van der Waals surface area contributed by atoms with Crippen LogP contribution in [0.1, 0.15) is 13.3 Å². The van der Waals surface area contributed by atoms with Crippen molar-refractivity contribution in [2.75, 3.05) is 71.8 Å². The topological polar surface area (TPSA) is 57.6 Å². The van der Waals surface area contributed by atoms with Gasteiger partial charge in [0, 0.05) is 52.4 Å². The molecule has 3 aliphatic rings. The molecule has 1 unspecified atom stereocenters. The number of nitrogens with one attached hydrogen (secondary N) is 1. The maximum Gasteiger partial charge on any atom is 0.138 e. The fourth-order valence-electron chi connectivity index (χ4n) is 4.20. The maximum absolute atomic E-state index is 11.1. The number of likely N-dealkylation sites (N-methyl/N-ethyl adjacent to an activating group) is 2. The molecule has 2 N–H and O–H groups in total. The number of benzene rings is 1. The molecule has 3 aliphatic heterocycles. The quantitative estimate of drug-likeness (QED) is 0.807. The van der Waals surface area contributed by atoms with Crippen LogP contribution in [0.15, 0.2) is 40.7 Å². The predicted molar refractivity (Wildman–Crippen MR) is 119 cm³/mol. The molecule has 0 radical (unpaired) electrons. The Bertz CT molecular complexity index is 775. The average Bonchev–Trinajstić information content (AvgIpc) is 2.91. The number of hydrogen-bond acceptors (Lipinski definition) is 7. The van der Waals surface area contributed by atoms with E-state index in [-0.39, 0.29) is 0 Å². The lowest BCUT2D eigenvalue weighted by Crippen LogP contribution is -2.50. The number of aliphatic imine (C=N–C) groups is 1. The van der Waals surface area contributed by atoms with Crippen molar-refractivity contribution in [3.63, 3.8) is 0 Å². The number of aliphatic hydroxyl groups excluding tert-OH is 1. The zero-order valence-corrected chi connectivity index (χ0v) is 17.9. The van der Waals surface area contributed by atoms with Gasteiger partial charge in [0.25, 0.3) is 0 Å². The number of aliphatic hydroxyl groups is 1. The normalized spacial score (nSPS) is 22.7. The van der Waals surface area contributed by atoms with Gasteiger partial charge < -0.3 is 30.0 Å². The molecular weight excluding hydrogens is 364 g/mol. The first kappa shape index (κ1) is 20.2. The highest BCUT2D eigenvalue weighted by Crippen LogP contribution is 2.34. The second-order valence-electron chi connectivity index (χ2n) is 8.34. The fraction of sp³-hybridized carbons (Fsp3) is 0.591. The molecule has 7 nitrogen and oxygen atoms in total. The molecule has 1 atom stereocenters. The summed E-state index contributed by atoms with van der Waals surface area (Å²) in [6.07, 6.45) is 0.113. The number of piperazine rings is 2. The fourth-order valence-corrected chi connectivity index (χ4v) is 4.20. The van der Waals surface area contributed by atoms with Gasteiger partial charge in [0.15, 0.2) is 0 Å². The molecule has 0 saturated carbocycles. The molecule has 0 amide bonds. The highest BCUT2D eigenvalue weighted by molar-refractivity contribution is 6.03. The van der Waals surface area contributed by atoms with Crippen LogP contribution < -0.4 is 5.32 Å². The van der Waals surface area contributed by atoms with Crippen LogP contribution in [-0.2, 0) is 0 Å². The van der Waals surface area contributed by atoms with Crippen molar-refractivity contribution in [2.24, 2.45) is 4.99 Å². The van der Waals surface area contributed by atoms with Crippen LogP contribution in [0.3, 0.4) is 0 Å². The van der Waals surface area contributed by atoms with Gasteiger partial charge in [0.1, 0.15) is 11.7 Å². The van der Waals surface area contributed by atoms with Crippen LogP contribution in [0.2, 0.25) is 0 Å². The van der Waals surface area contributed by atoms with E-state index in [1.54, 1.807) is 0 Å². The first-order valence-electron chi connectivity index (χ1n) is 10.8. The summed E-state index contributed by atoms with van der Waals surface area (Å²) in [7, 11) is 4.33. The average molecular weight is 399 g/mol. The highest BCUT2D eigenvalue weighted by atomic mass is 16.3. The van der Waals surface area contributed by atoms with Gasteiger partial charge in [0.05, 0.1) is 23.1 Å². The molecule has 1 aromatic rings. The van der Waals surface area contributed by atoms with Crippen molar-refractivity contribution in [3.8, 4) is 0 Å². The first-order chi connectivity index (χ1) is 14.1. The van der Waals surface area contributed by atoms with E-state index in [0.717, 1.165) is 81.0 Å². The van der Waals surface area contributed by atoms with Crippen molar-refractivity contribution < 1.29 is 5.11 Å². The van der Waals surface area contributed by atoms with Crippen LogP contribution in [0.25, 0.3) is 0 Å². The van der Waals surface area contributed by atoms with Gasteiger partial charge in [-0.15, -0.1) is 0 Å². The third-order valence-corrected chi connectivity index (χ3v) is 6.22. The zero-order chi connectivity index (χ0) is 20.4. The van der Waals surface area contributed by atoms with E-state index in [9.17, 15) is 5.11 Å². The molecule has 29 heavy (non-hydrogen) atoms. The molecule has 7 heteroatoms. The Hall–Kier alpha value is -2.09. The summed E-state index contributed by atoms with van der Waals surface area (Å²) in [4.78, 5) is 14.6. The van der Waals surface area contributed by atoms with Crippen molar-refractivity contribution in [2.45, 2.75) is 19.4 Å². The van der Waals surface area contributed by atoms with Gasteiger partial charge in [-0.2, -0.15) is 0 Å². The summed E-state index contributed by atoms with van der Waals surface area (Å²) >= 11 is 0. The summed E-state index contributed by atoms with van der Waals surface area (Å²) < 4.78 is 0. The van der Waals surface area contributed by atoms with Crippen molar-refractivity contribution in [1.29, 1.82) is 0 Å². The molecule has 3 heterocycles. The minimum Gasteiger partial charge on any atom is -0.388 e. The van der Waals surface area contributed by atoms with E-state index in [4.69, 9.17) is 4.99 Å². The number of hydrogen-bond donors (Lipinski definition) is 2. The predicted octanol–water partition coefficient (Wildman–Crippen LogP) is 1.62. The van der Waals surface area contributed by atoms with Crippen LogP contribution in [0.5, 0.6) is 0 Å². The molecule has 158 valence electrons. The van der Waals surface area contributed by atoms with E-state index in [1.165, 1.54) is 0 Å². The summed E-state index contributed by atoms with van der Waals surface area (Å²) in [6.45, 7) is 9.82. The van der Waals surface area contributed by atoms with E-state index in [1.807, 2.05) is 19.1 Å². The largest absolute Gasteiger partial charge is 0.388 e. The van der Waals surface area contributed by atoms with Crippen LogP contribution in [0.4, 0.5) is 11.4 Å². The molecule has 0 aromatic heterocycles. The van der Waals surface area contributed by atoms with Crippen molar-refractivity contribution >= 4 is 17.2 Å². The summed E-state index contributed by atoms with van der Waals surface area (Å²) in [6, 6.07) is 8.21. The molecule has 4 rings (SSSR count). The van der Waals surface area contributed by atoms with Gasteiger partial charge in [-0.05, 0) is 32.6 Å². The third kappa shape index (κ3) is 4.27. The van der Waals surface area contributed by atoms with Gasteiger partial charge in [-0.3, -0.25) is 0 Å². The van der Waals surface area contributed by atoms with E-state index >= 15 is 0 Å². The highest BCUT2D eigenvalue weighted by Gasteiger charge is 2.32. The molecule has 2 saturated heterocycles. The Morgan fingerprint density at radius 3 is 2.14 bits per heavy atom. The molecule has 0 spiro atoms. The van der Waals surface area contributed by atoms with E-state index in [2.05, 4.69) is 51.1 Å². The number of para-hydroxylation sites is 2. The lowest BCUT2D eigenvalue weighted by molar-refractivity contribution is 0.173. The minimum absolute atomic E-state index is 0.551. The van der Waals surface area contributed by atoms with Crippen molar-refractivity contribution in [3.05, 3.63) is 35.7 Å². The number of fused-ring (bicyclic) bond motifs is 1. The Kier molecular flexibility index (Phi) is 6.08. The van der Waals surface area contributed by atoms with Gasteiger partial charge in [0.2, 0.25) is 0 Å². The van der Waals surface area contributed by atoms with Gasteiger partial charge >= 0.3 is 0 Å². The summed E-state index contributed by atoms with van der Waals surface area (Å²) in [5.41, 5.74) is 2.88. The Morgan fingerprint density at radius 1 is 0.931 bits per heavy atom. The maximum atomic E-state index is 11.1. The summed E-state index contributed by atoms with van der Waals surface area (Å²) in [5.74, 6) is 1.95. The van der Waals surface area contributed by atoms with Crippen LogP contribution in [0, 0.1) is 0 Å². The number of rotatable bonds is 3. The van der Waals surface area contributed by atoms with Crippen LogP contribution >= 0.6 is 0 Å². The van der Waals surface area contributed by atoms with Gasteiger partial charge in [-0.1, -0.05) is 19.1 Å². The molecule has 1 aromatic carbocycles. The third-order valence-electron chi connectivity index (χ3n) is 6.22. The van der Waals surface area contributed by atoms with E-state index < -0.39 is 6.10 Å². The van der Waals surface area contributed by atoms with Crippen LogP contribution in [-0.4, -0.2) is 103 Å². The lowest BCUT2D eigenvalue weighted by Gasteiger charge is -2.39. The molecular formula is C22H34N6O. The van der Waals surface area contributed by atoms with E-state index in [0.29, 0.717) is 6.42 Å². The second kappa shape index (κ2) is 8.73. The standard InChI is InChI=1S/C22H34N6O/c1-4-19(29)20-21(27-13-9-25(2)10-14-27)23-17-7-5-6-8-18(17)24-22(20)28-15-11-26(3)12-16-28/h5-8,19,23,29H,4,9-16H2,1-3H3. The Labute approximate surface area is 174 Å². The Balaban J connectivity index is 1.80. The summed E-state index contributed by atoms with van der Waals surface area (Å²) in [5, 5.41) is 14.8. The number of anilines is 1. The smallest absolute Gasteiger partial charge is 0.138 e. The first-order valence-corrected chi connectivity index (χ1v) is 10.8. The molecule has 0 aliphatic carbocycles. The van der Waals surface area contributed by atoms with Crippen molar-refractivity contribution in [1.82, 2.24) is 19.6 Å². The lowest BCUT2D eigenvalue weighted by atomic mass is 10.0.